The lowest BCUT2D eigenvalue weighted by Gasteiger charge is -2.13. The molecule has 0 heterocycles. The van der Waals surface area contributed by atoms with Crippen molar-refractivity contribution < 1.29 is 9.13 Å². The zero-order chi connectivity index (χ0) is 13.8. The van der Waals surface area contributed by atoms with Crippen LogP contribution in [0.3, 0.4) is 0 Å². The Balaban J connectivity index is 2.30. The van der Waals surface area contributed by atoms with Gasteiger partial charge < -0.3 is 15.8 Å². The number of nitrogens with two attached hydrogens (primary N) is 1. The molecule has 0 fully saturated rings. The Hall–Kier alpha value is -2.23. The van der Waals surface area contributed by atoms with Crippen LogP contribution in [0.15, 0.2) is 36.4 Å². The van der Waals surface area contributed by atoms with Crippen molar-refractivity contribution in [3.63, 3.8) is 0 Å². The van der Waals surface area contributed by atoms with Crippen LogP contribution in [0, 0.1) is 12.7 Å². The minimum absolute atomic E-state index is 0.276. The Morgan fingerprint density at radius 3 is 2.74 bits per heavy atom. The first-order chi connectivity index (χ1) is 9.10. The molecule has 3 nitrogen and oxygen atoms in total. The molecule has 0 saturated carbocycles. The molecule has 100 valence electrons. The number of nitrogen functional groups attached to an aromatic ring is 1. The maximum absolute atomic E-state index is 13.3. The van der Waals surface area contributed by atoms with E-state index >= 15 is 0 Å². The molecule has 0 unspecified atom stereocenters. The topological polar surface area (TPSA) is 47.3 Å². The van der Waals surface area contributed by atoms with Crippen LogP contribution in [-0.4, -0.2) is 6.61 Å². The summed E-state index contributed by atoms with van der Waals surface area (Å²) >= 11 is 0. The third kappa shape index (κ3) is 3.16. The van der Waals surface area contributed by atoms with Crippen LogP contribution in [0.1, 0.15) is 12.5 Å². The molecule has 0 bridgehead atoms. The van der Waals surface area contributed by atoms with Gasteiger partial charge >= 0.3 is 0 Å². The van der Waals surface area contributed by atoms with Gasteiger partial charge in [0.05, 0.1) is 18.0 Å². The zero-order valence-corrected chi connectivity index (χ0v) is 11.0. The quantitative estimate of drug-likeness (QED) is 0.821. The molecule has 0 saturated heterocycles. The molecule has 0 amide bonds. The number of halogens is 1. The lowest BCUT2D eigenvalue weighted by Crippen LogP contribution is -2.01. The predicted octanol–water partition coefficient (Wildman–Crippen LogP) is 3.86. The molecule has 4 heteroatoms. The van der Waals surface area contributed by atoms with Crippen molar-refractivity contribution in [3.05, 3.63) is 47.8 Å². The molecule has 19 heavy (non-hydrogen) atoms. The van der Waals surface area contributed by atoms with Crippen molar-refractivity contribution in [1.82, 2.24) is 0 Å². The molecule has 2 rings (SSSR count). The van der Waals surface area contributed by atoms with E-state index in [9.17, 15) is 4.39 Å². The largest absolute Gasteiger partial charge is 0.492 e. The normalized spacial score (nSPS) is 10.3. The number of hydrogen-bond donors (Lipinski definition) is 2. The molecule has 0 aromatic heterocycles. The van der Waals surface area contributed by atoms with Crippen LogP contribution in [0.5, 0.6) is 5.75 Å². The van der Waals surface area contributed by atoms with E-state index in [0.717, 1.165) is 5.56 Å². The third-order valence-electron chi connectivity index (χ3n) is 2.69. The van der Waals surface area contributed by atoms with Gasteiger partial charge in [0.1, 0.15) is 11.6 Å². The molecule has 0 aliphatic carbocycles. The number of rotatable bonds is 4. The number of nitrogens with one attached hydrogen (secondary N) is 1. The van der Waals surface area contributed by atoms with Crippen LogP contribution >= 0.6 is 0 Å². The van der Waals surface area contributed by atoms with E-state index in [0.29, 0.717) is 29.4 Å². The molecule has 2 aromatic carbocycles. The van der Waals surface area contributed by atoms with Gasteiger partial charge in [0.2, 0.25) is 0 Å². The molecule has 0 radical (unpaired) electrons. The van der Waals surface area contributed by atoms with Crippen LogP contribution in [0.2, 0.25) is 0 Å². The van der Waals surface area contributed by atoms with Crippen LogP contribution in [0.25, 0.3) is 0 Å². The van der Waals surface area contributed by atoms with Gasteiger partial charge in [-0.1, -0.05) is 6.07 Å². The summed E-state index contributed by atoms with van der Waals surface area (Å²) in [6.07, 6.45) is 0. The monoisotopic (exact) mass is 260 g/mol. The maximum atomic E-state index is 13.3. The Labute approximate surface area is 112 Å². The van der Waals surface area contributed by atoms with Gasteiger partial charge in [-0.25, -0.2) is 4.39 Å². The van der Waals surface area contributed by atoms with Crippen molar-refractivity contribution in [2.75, 3.05) is 17.7 Å². The van der Waals surface area contributed by atoms with Gasteiger partial charge in [-0.15, -0.1) is 0 Å². The smallest absolute Gasteiger partial charge is 0.144 e. The van der Waals surface area contributed by atoms with E-state index in [1.54, 1.807) is 6.07 Å². The fourth-order valence-corrected chi connectivity index (χ4v) is 1.90. The predicted molar refractivity (Wildman–Crippen MR) is 76.4 cm³/mol. The van der Waals surface area contributed by atoms with Crippen LogP contribution in [0.4, 0.5) is 21.5 Å². The summed E-state index contributed by atoms with van der Waals surface area (Å²) in [5, 5.41) is 3.11. The molecule has 2 aromatic rings. The molecular weight excluding hydrogens is 243 g/mol. The highest BCUT2D eigenvalue weighted by atomic mass is 19.1. The van der Waals surface area contributed by atoms with E-state index in [1.165, 1.54) is 12.1 Å². The first kappa shape index (κ1) is 13.2. The number of anilines is 3. The SMILES string of the molecule is CCOc1cccc(Nc2cc(C)cc(F)c2)c1N. The fraction of sp³-hybridized carbons (Fsp3) is 0.200. The van der Waals surface area contributed by atoms with Gasteiger partial charge in [-0.05, 0) is 49.7 Å². The summed E-state index contributed by atoms with van der Waals surface area (Å²) < 4.78 is 18.8. The molecule has 0 atom stereocenters. The number of hydrogen-bond acceptors (Lipinski definition) is 3. The molecule has 0 aliphatic heterocycles. The van der Waals surface area contributed by atoms with E-state index in [-0.39, 0.29) is 5.82 Å². The zero-order valence-electron chi connectivity index (χ0n) is 11.0. The van der Waals surface area contributed by atoms with Gasteiger partial charge in [-0.3, -0.25) is 0 Å². The van der Waals surface area contributed by atoms with Crippen LogP contribution in [-0.2, 0) is 0 Å². The highest BCUT2D eigenvalue weighted by Gasteiger charge is 2.06. The number of benzene rings is 2. The van der Waals surface area contributed by atoms with E-state index in [1.807, 2.05) is 32.0 Å². The second-order valence-corrected chi connectivity index (χ2v) is 4.29. The Morgan fingerprint density at radius 2 is 2.05 bits per heavy atom. The van der Waals surface area contributed by atoms with E-state index in [2.05, 4.69) is 5.32 Å². The summed E-state index contributed by atoms with van der Waals surface area (Å²) in [6, 6.07) is 10.2. The summed E-state index contributed by atoms with van der Waals surface area (Å²) in [7, 11) is 0. The standard InChI is InChI=1S/C15H17FN2O/c1-3-19-14-6-4-5-13(15(14)17)18-12-8-10(2)7-11(16)9-12/h4-9,18H,3,17H2,1-2H3. The van der Waals surface area contributed by atoms with Crippen molar-refractivity contribution >= 4 is 17.1 Å². The molecule has 0 spiro atoms. The van der Waals surface area contributed by atoms with Gasteiger partial charge in [0.25, 0.3) is 0 Å². The minimum Gasteiger partial charge on any atom is -0.492 e. The Morgan fingerprint density at radius 1 is 1.26 bits per heavy atom. The van der Waals surface area contributed by atoms with Gasteiger partial charge in [-0.2, -0.15) is 0 Å². The van der Waals surface area contributed by atoms with Gasteiger partial charge in [0, 0.05) is 5.69 Å². The summed E-state index contributed by atoms with van der Waals surface area (Å²) in [5.74, 6) is 0.350. The minimum atomic E-state index is -0.276. The maximum Gasteiger partial charge on any atom is 0.144 e. The average Bonchev–Trinajstić information content (AvgIpc) is 2.33. The summed E-state index contributed by atoms with van der Waals surface area (Å²) in [4.78, 5) is 0. The average molecular weight is 260 g/mol. The lowest BCUT2D eigenvalue weighted by atomic mass is 10.2. The van der Waals surface area contributed by atoms with Crippen LogP contribution < -0.4 is 15.8 Å². The van der Waals surface area contributed by atoms with Crippen molar-refractivity contribution in [1.29, 1.82) is 0 Å². The first-order valence-corrected chi connectivity index (χ1v) is 6.15. The summed E-state index contributed by atoms with van der Waals surface area (Å²) in [6.45, 7) is 4.29. The van der Waals surface area contributed by atoms with Crippen molar-refractivity contribution in [2.45, 2.75) is 13.8 Å². The number of ether oxygens (including phenoxy) is 1. The van der Waals surface area contributed by atoms with E-state index in [4.69, 9.17) is 10.5 Å². The molecule has 3 N–H and O–H groups in total. The van der Waals surface area contributed by atoms with Crippen molar-refractivity contribution in [2.24, 2.45) is 0 Å². The fourth-order valence-electron chi connectivity index (χ4n) is 1.90. The highest BCUT2D eigenvalue weighted by molar-refractivity contribution is 5.77. The Bertz CT molecular complexity index is 564. The molecule has 0 aliphatic rings. The Kier molecular flexibility index (Phi) is 3.90. The van der Waals surface area contributed by atoms with E-state index < -0.39 is 0 Å². The summed E-state index contributed by atoms with van der Waals surface area (Å²) in [5.41, 5.74) is 8.75. The third-order valence-corrected chi connectivity index (χ3v) is 2.69. The lowest BCUT2D eigenvalue weighted by molar-refractivity contribution is 0.342. The number of aryl methyl sites for hydroxylation is 1. The first-order valence-electron chi connectivity index (χ1n) is 6.15. The second kappa shape index (κ2) is 5.61. The van der Waals surface area contributed by atoms with Gasteiger partial charge in [0.15, 0.2) is 0 Å². The highest BCUT2D eigenvalue weighted by Crippen LogP contribution is 2.31. The number of para-hydroxylation sites is 1. The van der Waals surface area contributed by atoms with Crippen molar-refractivity contribution in [3.8, 4) is 5.75 Å². The molecular formula is C15H17FN2O. The second-order valence-electron chi connectivity index (χ2n) is 4.29.